The van der Waals surface area contributed by atoms with Gasteiger partial charge in [-0.2, -0.15) is 0 Å². The van der Waals surface area contributed by atoms with E-state index in [-0.39, 0.29) is 12.2 Å². The number of aliphatic hydroxyl groups is 24. The number of amides is 1. The van der Waals surface area contributed by atoms with Crippen LogP contribution in [0.25, 0.3) is 0 Å². The molecular weight excluding hydrogens is 1190 g/mol. The molecule has 1 aromatic rings. The molecule has 3 fully saturated rings. The predicted octanol–water partition coefficient (Wildman–Crippen LogP) is -8.77. The highest BCUT2D eigenvalue weighted by Crippen LogP contribution is 2.35. The first kappa shape index (κ1) is 72.4. The van der Waals surface area contributed by atoms with Gasteiger partial charge in [0, 0.05) is 52.0 Å². The molecule has 0 radical (unpaired) electrons. The van der Waals surface area contributed by atoms with Gasteiger partial charge in [0.25, 0.3) is 0 Å². The number of rotatable bonds is 15. The van der Waals surface area contributed by atoms with E-state index in [0.717, 1.165) is 10.8 Å². The minimum absolute atomic E-state index is 0.148. The first-order chi connectivity index (χ1) is 41.2. The van der Waals surface area contributed by atoms with Crippen LogP contribution in [0.1, 0.15) is 31.4 Å². The molecule has 1 amide bonds. The summed E-state index contributed by atoms with van der Waals surface area (Å²) in [4.78, 5) is 11.7. The van der Waals surface area contributed by atoms with Crippen LogP contribution in [0.5, 0.6) is 0 Å². The van der Waals surface area contributed by atoms with Crippen LogP contribution in [0.2, 0.25) is 0 Å². The highest BCUT2D eigenvalue weighted by atomic mass is 16.8. The van der Waals surface area contributed by atoms with E-state index in [1.54, 1.807) is 0 Å². The predicted molar refractivity (Wildman–Crippen MR) is 272 cm³/mol. The largest absolute Gasteiger partial charge is 0.506 e. The lowest BCUT2D eigenvalue weighted by Gasteiger charge is -2.47. The molecule has 498 valence electrons. The lowest BCUT2D eigenvalue weighted by molar-refractivity contribution is -0.368. The lowest BCUT2D eigenvalue weighted by Crippen LogP contribution is -2.65. The van der Waals surface area contributed by atoms with Crippen molar-refractivity contribution in [3.63, 3.8) is 0 Å². The molecule has 25 N–H and O–H groups in total. The third kappa shape index (κ3) is 18.0. The molecule has 23 unspecified atom stereocenters. The smallest absolute Gasteiger partial charge is 0.243 e. The summed E-state index contributed by atoms with van der Waals surface area (Å²) in [5, 5.41) is 271. The molecule has 39 nitrogen and oxygen atoms in total. The summed E-state index contributed by atoms with van der Waals surface area (Å²) in [6, 6.07) is 0. The molecule has 8 rings (SSSR count). The number of aliphatic hydroxyl groups excluding tert-OH is 24. The van der Waals surface area contributed by atoms with Crippen molar-refractivity contribution in [2.45, 2.75) is 180 Å². The summed E-state index contributed by atoms with van der Waals surface area (Å²) in [5.74, 6) is -12.9. The molecule has 87 heavy (non-hydrogen) atoms. The molecule has 8 heterocycles. The van der Waals surface area contributed by atoms with E-state index in [4.69, 9.17) is 47.4 Å². The second-order valence-electron chi connectivity index (χ2n) is 19.6. The average Bonchev–Trinajstić information content (AvgIpc) is 2.43. The Morgan fingerprint density at radius 1 is 0.448 bits per heavy atom. The Morgan fingerprint density at radius 3 is 1.11 bits per heavy atom. The van der Waals surface area contributed by atoms with E-state index in [2.05, 4.69) is 22.2 Å². The normalized spacial score (nSPS) is 41.4. The number of hydrogen-bond acceptors (Lipinski definition) is 37. The minimum atomic E-state index is -2.86. The Kier molecular flexibility index (Phi) is 27.9. The number of carbonyl (C=O) groups excluding carboxylic acids is 1. The third-order valence-electron chi connectivity index (χ3n) is 13.7. The van der Waals surface area contributed by atoms with Crippen LogP contribution in [0.3, 0.4) is 0 Å². The van der Waals surface area contributed by atoms with Gasteiger partial charge in [-0.25, -0.2) is 0 Å². The standard InChI is InChI=1S/C48H76N4O35/c1-2-24(59)49-11-16-12-52(51-50-16)7-3-17-25(60)34(69)44(76)85-39-21(13-56)82-46(36(71)29(39)64)81-20(6-10-55)28(63)35(70)45(77)86-40-22(14-57)84-48(38(73)30(40)65)87-41-23(15-58)83-47(37(72)31(41)66)80-19(5-9-54)27(62)33(68)43(75)79-18(4-8-53)26(61)32(67)42(74)78-17/h2,12,17-23,29-31,36-48,53-58,60-77H,1,3-11,13-15H2,(H,49,59)/b32-26+,33-27-,34-25+,35-28-. The Balaban J connectivity index is 1.57. The number of aromatic nitrogens is 3. The Morgan fingerprint density at radius 2 is 0.770 bits per heavy atom. The fourth-order valence-corrected chi connectivity index (χ4v) is 8.97. The number of fused-ring (bicyclic) bond motifs is 3. The third-order valence-corrected chi connectivity index (χ3v) is 13.7. The van der Waals surface area contributed by atoms with Crippen LogP contribution >= 0.6 is 0 Å². The van der Waals surface area contributed by atoms with Crippen LogP contribution in [0.4, 0.5) is 0 Å². The maximum absolute atomic E-state index is 11.7. The van der Waals surface area contributed by atoms with Gasteiger partial charge in [-0.3, -0.25) is 9.48 Å². The topological polar surface area (TPSA) is 638 Å². The summed E-state index contributed by atoms with van der Waals surface area (Å²) < 4.78 is 55.4. The summed E-state index contributed by atoms with van der Waals surface area (Å²) in [7, 11) is 0. The quantitative estimate of drug-likeness (QED) is 0.0725. The molecule has 7 aliphatic rings. The van der Waals surface area contributed by atoms with Crippen molar-refractivity contribution in [1.29, 1.82) is 0 Å². The SMILES string of the molecule is C=CC(=O)NCc1cn(CCC2OC(O)/C(O)=C(\O)C(CCO)OC(O)/C(O)=C(/O)C(CCO)OC3OC(CO)C(OC4OC(CO)C(OC(O)/C(O)=C(/O)C(CCO)OC5OC(CO)C(OC(O)/C(O)=C/2O)C(O)C5O)C(O)C4O)C(O)C3O)nn1. The van der Waals surface area contributed by atoms with E-state index in [9.17, 15) is 127 Å². The van der Waals surface area contributed by atoms with Crippen molar-refractivity contribution in [1.82, 2.24) is 20.3 Å². The van der Waals surface area contributed by atoms with E-state index in [0.29, 0.717) is 0 Å². The molecule has 7 aliphatic heterocycles. The highest BCUT2D eigenvalue weighted by Gasteiger charge is 2.53. The van der Waals surface area contributed by atoms with Crippen molar-refractivity contribution in [3.8, 4) is 0 Å². The van der Waals surface area contributed by atoms with E-state index in [1.807, 2.05) is 0 Å². The second-order valence-corrected chi connectivity index (χ2v) is 19.6. The number of nitrogens with one attached hydrogen (secondary N) is 1. The minimum Gasteiger partial charge on any atom is -0.506 e. The van der Waals surface area contributed by atoms with Gasteiger partial charge in [-0.1, -0.05) is 11.8 Å². The van der Waals surface area contributed by atoms with E-state index < -0.39 is 266 Å². The molecular formula is C48H76N4O35. The molecule has 0 aromatic carbocycles. The molecule has 0 aliphatic carbocycles. The zero-order chi connectivity index (χ0) is 64.7. The molecule has 3 saturated heterocycles. The number of aryl methyl sites for hydroxylation is 1. The van der Waals surface area contributed by atoms with Gasteiger partial charge in [0.2, 0.25) is 31.1 Å². The number of hydrogen-bond donors (Lipinski definition) is 25. The molecule has 0 saturated carbocycles. The highest BCUT2D eigenvalue weighted by molar-refractivity contribution is 5.86. The summed E-state index contributed by atoms with van der Waals surface area (Å²) in [5.41, 5.74) is 0.148. The van der Waals surface area contributed by atoms with Crippen LogP contribution in [-0.2, 0) is 65.3 Å². The molecule has 23 atom stereocenters. The van der Waals surface area contributed by atoms with Crippen molar-refractivity contribution in [2.75, 3.05) is 39.6 Å². The van der Waals surface area contributed by atoms with Gasteiger partial charge in [0.1, 0.15) is 103 Å². The first-order valence-electron chi connectivity index (χ1n) is 26.5. The van der Waals surface area contributed by atoms with E-state index >= 15 is 0 Å². The van der Waals surface area contributed by atoms with Gasteiger partial charge < -0.3 is 175 Å². The van der Waals surface area contributed by atoms with E-state index in [1.165, 1.54) is 6.20 Å². The summed E-state index contributed by atoms with van der Waals surface area (Å²) in [6.45, 7) is -3.58. The van der Waals surface area contributed by atoms with Crippen LogP contribution in [-0.4, -0.2) is 325 Å². The molecule has 39 heteroatoms. The lowest BCUT2D eigenvalue weighted by atomic mass is 9.96. The number of nitrogens with zero attached hydrogens (tertiary/aromatic N) is 3. The molecule has 1 aromatic heterocycles. The number of ether oxygens (including phenoxy) is 10. The van der Waals surface area contributed by atoms with Crippen molar-refractivity contribution in [2.24, 2.45) is 0 Å². The van der Waals surface area contributed by atoms with Crippen LogP contribution in [0, 0.1) is 0 Å². The zero-order valence-electron chi connectivity index (χ0n) is 45.7. The Bertz CT molecular complexity index is 2460. The fourth-order valence-electron chi connectivity index (χ4n) is 8.97. The van der Waals surface area contributed by atoms with Crippen LogP contribution in [0.15, 0.2) is 64.9 Å². The van der Waals surface area contributed by atoms with Gasteiger partial charge in [0.15, 0.2) is 64.9 Å². The second kappa shape index (κ2) is 33.5. The molecule has 0 spiro atoms. The van der Waals surface area contributed by atoms with Gasteiger partial charge in [-0.15, -0.1) is 5.10 Å². The van der Waals surface area contributed by atoms with Crippen molar-refractivity contribution < 1.29 is 175 Å². The van der Waals surface area contributed by atoms with Gasteiger partial charge in [0.05, 0.1) is 32.6 Å². The fraction of sp³-hybridized carbons (Fsp3) is 0.729. The van der Waals surface area contributed by atoms with Crippen molar-refractivity contribution in [3.05, 3.63) is 70.6 Å². The molecule has 6 bridgehead atoms. The number of carbonyl (C=O) groups is 1. The van der Waals surface area contributed by atoms with Gasteiger partial charge in [-0.05, 0) is 6.08 Å². The first-order valence-corrected chi connectivity index (χ1v) is 26.5. The zero-order valence-corrected chi connectivity index (χ0v) is 45.7. The Labute approximate surface area is 490 Å². The van der Waals surface area contributed by atoms with Gasteiger partial charge >= 0.3 is 0 Å². The maximum Gasteiger partial charge on any atom is 0.243 e. The van der Waals surface area contributed by atoms with Crippen LogP contribution < -0.4 is 5.32 Å². The van der Waals surface area contributed by atoms with Crippen molar-refractivity contribution >= 4 is 5.91 Å². The monoisotopic (exact) mass is 1270 g/mol. The summed E-state index contributed by atoms with van der Waals surface area (Å²) in [6.07, 6.45) is -52.9. The maximum atomic E-state index is 11.7. The Hall–Kier alpha value is -5.33. The average molecular weight is 1270 g/mol. The summed E-state index contributed by atoms with van der Waals surface area (Å²) >= 11 is 0.